The van der Waals surface area contributed by atoms with Crippen LogP contribution in [0.15, 0.2) is 47.7 Å². The number of rotatable bonds is 11. The third kappa shape index (κ3) is 9.32. The van der Waals surface area contributed by atoms with Gasteiger partial charge in [-0.25, -0.2) is 4.68 Å². The van der Waals surface area contributed by atoms with Crippen LogP contribution < -0.4 is 16.4 Å². The molecule has 0 bridgehead atoms. The fraction of sp³-hybridized carbons (Fsp3) is 0.542. The molecule has 9 heteroatoms. The van der Waals surface area contributed by atoms with E-state index < -0.39 is 0 Å². The molecule has 182 valence electrons. The minimum atomic E-state index is -0.145. The number of halogens is 1. The fourth-order valence-electron chi connectivity index (χ4n) is 3.98. The number of likely N-dealkylation sites (tertiary alicyclic amines) is 1. The normalized spacial score (nSPS) is 15.1. The number of benzene rings is 1. The summed E-state index contributed by atoms with van der Waals surface area (Å²) in [6, 6.07) is 10.4. The summed E-state index contributed by atoms with van der Waals surface area (Å²) in [5.41, 5.74) is 7.76. The molecule has 4 N–H and O–H groups in total. The third-order valence-corrected chi connectivity index (χ3v) is 5.90. The van der Waals surface area contributed by atoms with Gasteiger partial charge in [-0.15, -0.1) is 24.0 Å². The molecule has 0 saturated carbocycles. The second-order valence-corrected chi connectivity index (χ2v) is 8.28. The van der Waals surface area contributed by atoms with Crippen molar-refractivity contribution in [1.82, 2.24) is 25.3 Å². The van der Waals surface area contributed by atoms with Crippen molar-refractivity contribution in [3.05, 3.63) is 48.3 Å². The standard InChI is InChI=1S/C24H37N7O.HI/c1-2-26-24(27-13-3-4-16-30-18-11-21(12-19-30)23(25)32)28-15-10-20-6-8-22(9-7-20)31-17-5-14-29-31;/h5-9,14,17,21H,2-4,10-13,15-16,18-19H2,1H3,(H2,25,32)(H2,26,27,28);1H. The topological polar surface area (TPSA) is 101 Å². The van der Waals surface area contributed by atoms with Crippen LogP contribution in [0.5, 0.6) is 0 Å². The highest BCUT2D eigenvalue weighted by Gasteiger charge is 2.22. The number of hydrogen-bond acceptors (Lipinski definition) is 4. The van der Waals surface area contributed by atoms with Crippen LogP contribution in [0.4, 0.5) is 0 Å². The first kappa shape index (κ1) is 27.1. The maximum atomic E-state index is 11.3. The zero-order valence-corrected chi connectivity index (χ0v) is 21.9. The molecular weight excluding hydrogens is 529 g/mol. The number of unbranched alkanes of at least 4 members (excludes halogenated alkanes) is 1. The molecule has 1 fully saturated rings. The number of nitrogens with zero attached hydrogens (tertiary/aromatic N) is 4. The van der Waals surface area contributed by atoms with E-state index in [1.165, 1.54) is 5.56 Å². The average Bonchev–Trinajstić information content (AvgIpc) is 3.34. The van der Waals surface area contributed by atoms with Crippen LogP contribution in [-0.4, -0.2) is 65.8 Å². The van der Waals surface area contributed by atoms with Gasteiger partial charge >= 0.3 is 0 Å². The van der Waals surface area contributed by atoms with Gasteiger partial charge < -0.3 is 21.3 Å². The Kier molecular flexibility index (Phi) is 12.2. The number of primary amides is 1. The van der Waals surface area contributed by atoms with E-state index in [1.54, 1.807) is 6.20 Å². The maximum absolute atomic E-state index is 11.3. The van der Waals surface area contributed by atoms with Crippen LogP contribution in [-0.2, 0) is 11.2 Å². The summed E-state index contributed by atoms with van der Waals surface area (Å²) in [6.07, 6.45) is 8.64. The number of nitrogens with two attached hydrogens (primary N) is 1. The number of guanidine groups is 1. The number of aromatic nitrogens is 2. The van der Waals surface area contributed by atoms with Gasteiger partial charge in [0.15, 0.2) is 5.96 Å². The number of hydrogen-bond donors (Lipinski definition) is 3. The molecule has 3 rings (SSSR count). The zero-order valence-electron chi connectivity index (χ0n) is 19.6. The Morgan fingerprint density at radius 1 is 1.18 bits per heavy atom. The van der Waals surface area contributed by atoms with Crippen molar-refractivity contribution < 1.29 is 4.79 Å². The summed E-state index contributed by atoms with van der Waals surface area (Å²) < 4.78 is 1.86. The monoisotopic (exact) mass is 567 g/mol. The van der Waals surface area contributed by atoms with E-state index in [1.807, 2.05) is 16.9 Å². The zero-order chi connectivity index (χ0) is 22.6. The molecule has 0 unspecified atom stereocenters. The minimum absolute atomic E-state index is 0. The van der Waals surface area contributed by atoms with E-state index >= 15 is 0 Å². The van der Waals surface area contributed by atoms with Gasteiger partial charge in [-0.2, -0.15) is 5.10 Å². The van der Waals surface area contributed by atoms with E-state index in [9.17, 15) is 4.79 Å². The number of carbonyl (C=O) groups excluding carboxylic acids is 1. The molecule has 1 aromatic carbocycles. The van der Waals surface area contributed by atoms with Crippen LogP contribution in [0, 0.1) is 5.92 Å². The van der Waals surface area contributed by atoms with Crippen LogP contribution in [0.1, 0.15) is 38.2 Å². The van der Waals surface area contributed by atoms with E-state index in [0.29, 0.717) is 0 Å². The van der Waals surface area contributed by atoms with Gasteiger partial charge in [-0.05, 0) is 82.4 Å². The van der Waals surface area contributed by atoms with Gasteiger partial charge in [0.25, 0.3) is 0 Å². The Morgan fingerprint density at radius 2 is 1.94 bits per heavy atom. The Bertz CT molecular complexity index is 831. The van der Waals surface area contributed by atoms with Gasteiger partial charge in [0.1, 0.15) is 0 Å². The van der Waals surface area contributed by atoms with Crippen LogP contribution in [0.3, 0.4) is 0 Å². The van der Waals surface area contributed by atoms with Crippen molar-refractivity contribution in [3.8, 4) is 5.69 Å². The van der Waals surface area contributed by atoms with E-state index in [4.69, 9.17) is 10.7 Å². The molecule has 1 saturated heterocycles. The summed E-state index contributed by atoms with van der Waals surface area (Å²) in [5.74, 6) is 0.801. The lowest BCUT2D eigenvalue weighted by molar-refractivity contribution is -0.123. The first-order chi connectivity index (χ1) is 15.7. The first-order valence-electron chi connectivity index (χ1n) is 11.8. The number of aliphatic imine (C=N–C) groups is 1. The Hall–Kier alpha value is -2.14. The lowest BCUT2D eigenvalue weighted by Crippen LogP contribution is -2.39. The summed E-state index contributed by atoms with van der Waals surface area (Å²) in [4.78, 5) is 18.4. The molecule has 1 aliphatic rings. The quantitative estimate of drug-likeness (QED) is 0.168. The molecule has 0 atom stereocenters. The Labute approximate surface area is 214 Å². The summed E-state index contributed by atoms with van der Waals surface area (Å²) >= 11 is 0. The van der Waals surface area contributed by atoms with Gasteiger partial charge in [0.05, 0.1) is 5.69 Å². The number of amides is 1. The smallest absolute Gasteiger partial charge is 0.220 e. The predicted octanol–water partition coefficient (Wildman–Crippen LogP) is 2.57. The van der Waals surface area contributed by atoms with Gasteiger partial charge in [-0.3, -0.25) is 9.79 Å². The van der Waals surface area contributed by atoms with Crippen molar-refractivity contribution in [2.24, 2.45) is 16.6 Å². The highest BCUT2D eigenvalue weighted by atomic mass is 127. The summed E-state index contributed by atoms with van der Waals surface area (Å²) in [5, 5.41) is 11.0. The van der Waals surface area contributed by atoms with Crippen molar-refractivity contribution in [2.45, 2.75) is 39.0 Å². The summed E-state index contributed by atoms with van der Waals surface area (Å²) in [7, 11) is 0. The number of piperidine rings is 1. The van der Waals surface area contributed by atoms with Gasteiger partial charge in [0.2, 0.25) is 5.91 Å². The minimum Gasteiger partial charge on any atom is -0.369 e. The first-order valence-corrected chi connectivity index (χ1v) is 11.8. The lowest BCUT2D eigenvalue weighted by Gasteiger charge is -2.30. The van der Waals surface area contributed by atoms with Crippen molar-refractivity contribution in [3.63, 3.8) is 0 Å². The predicted molar refractivity (Wildman–Crippen MR) is 144 cm³/mol. The molecule has 8 nitrogen and oxygen atoms in total. The molecule has 2 heterocycles. The molecule has 1 amide bonds. The molecule has 0 radical (unpaired) electrons. The maximum Gasteiger partial charge on any atom is 0.220 e. The highest BCUT2D eigenvalue weighted by molar-refractivity contribution is 14.0. The van der Waals surface area contributed by atoms with Crippen molar-refractivity contribution >= 4 is 35.8 Å². The molecule has 1 aromatic heterocycles. The Morgan fingerprint density at radius 3 is 2.58 bits per heavy atom. The van der Waals surface area contributed by atoms with Crippen LogP contribution in [0.25, 0.3) is 5.69 Å². The number of nitrogens with one attached hydrogen (secondary N) is 2. The highest BCUT2D eigenvalue weighted by Crippen LogP contribution is 2.16. The Balaban J connectivity index is 0.00000385. The average molecular weight is 568 g/mol. The molecule has 0 spiro atoms. The lowest BCUT2D eigenvalue weighted by atomic mass is 9.96. The second-order valence-electron chi connectivity index (χ2n) is 8.28. The van der Waals surface area contributed by atoms with Crippen LogP contribution >= 0.6 is 24.0 Å². The fourth-order valence-corrected chi connectivity index (χ4v) is 3.98. The molecule has 0 aliphatic carbocycles. The van der Waals surface area contributed by atoms with Crippen molar-refractivity contribution in [1.29, 1.82) is 0 Å². The second kappa shape index (κ2) is 14.9. The van der Waals surface area contributed by atoms with Crippen molar-refractivity contribution in [2.75, 3.05) is 39.3 Å². The molecular formula is C24H38IN7O. The third-order valence-electron chi connectivity index (χ3n) is 5.90. The molecule has 1 aliphatic heterocycles. The largest absolute Gasteiger partial charge is 0.369 e. The van der Waals surface area contributed by atoms with Gasteiger partial charge in [-0.1, -0.05) is 12.1 Å². The SMILES string of the molecule is CCNC(=NCCCCN1CCC(C(N)=O)CC1)NCCc1ccc(-n2cccn2)cc1.I. The summed E-state index contributed by atoms with van der Waals surface area (Å²) in [6.45, 7) is 7.60. The van der Waals surface area contributed by atoms with Gasteiger partial charge in [0, 0.05) is 37.9 Å². The van der Waals surface area contributed by atoms with E-state index in [-0.39, 0.29) is 35.8 Å². The van der Waals surface area contributed by atoms with Crippen LogP contribution in [0.2, 0.25) is 0 Å². The van der Waals surface area contributed by atoms with E-state index in [2.05, 4.69) is 51.8 Å². The van der Waals surface area contributed by atoms with E-state index in [0.717, 1.165) is 83.0 Å². The molecule has 33 heavy (non-hydrogen) atoms. The number of carbonyl (C=O) groups is 1. The molecule has 2 aromatic rings.